The van der Waals surface area contributed by atoms with E-state index in [9.17, 15) is 17.6 Å². The molecule has 0 amide bonds. The molecule has 2 aromatic rings. The average molecular weight is 547 g/mol. The minimum absolute atomic E-state index is 0.107. The van der Waals surface area contributed by atoms with Crippen molar-refractivity contribution in [3.8, 4) is 17.2 Å². The summed E-state index contributed by atoms with van der Waals surface area (Å²) in [6, 6.07) is 9.10. The van der Waals surface area contributed by atoms with Gasteiger partial charge in [-0.25, -0.2) is 0 Å². The normalized spacial score (nSPS) is 23.9. The van der Waals surface area contributed by atoms with E-state index in [0.717, 1.165) is 37.8 Å². The van der Waals surface area contributed by atoms with Crippen LogP contribution >= 0.6 is 0 Å². The van der Waals surface area contributed by atoms with Gasteiger partial charge in [-0.2, -0.15) is 17.6 Å². The Bertz CT molecular complexity index is 1100. The zero-order valence-electron chi connectivity index (χ0n) is 22.5. The van der Waals surface area contributed by atoms with E-state index in [4.69, 9.17) is 9.47 Å². The van der Waals surface area contributed by atoms with E-state index in [1.165, 1.54) is 31.2 Å². The molecule has 2 aliphatic carbocycles. The van der Waals surface area contributed by atoms with Crippen LogP contribution in [-0.2, 0) is 0 Å². The van der Waals surface area contributed by atoms with Gasteiger partial charge in [-0.1, -0.05) is 30.4 Å². The molecule has 4 rings (SSSR count). The highest BCUT2D eigenvalue weighted by molar-refractivity contribution is 5.35. The predicted octanol–water partition coefficient (Wildman–Crippen LogP) is 9.24. The molecule has 2 aromatic carbocycles. The van der Waals surface area contributed by atoms with E-state index in [1.807, 2.05) is 12.1 Å². The average Bonchev–Trinajstić information content (AvgIpc) is 2.96. The Kier molecular flexibility index (Phi) is 9.98. The van der Waals surface area contributed by atoms with Gasteiger partial charge in [0.2, 0.25) is 11.6 Å². The quantitative estimate of drug-likeness (QED) is 0.208. The summed E-state index contributed by atoms with van der Waals surface area (Å²) in [6.07, 6.45) is 12.6. The number of allylic oxidation sites excluding steroid dienone is 3. The SMILES string of the molecule is C=CC1CCC(C=CC2CCC(c3ccc(OCC(F)(F)Oc4ccc(OCC)c(F)c4F)cc3)CC2)CC1. The molecule has 0 unspecified atom stereocenters. The number of hydrogen-bond donors (Lipinski definition) is 0. The largest absolute Gasteiger partial charge is 0.491 e. The molecular weight excluding hydrogens is 508 g/mol. The molecule has 2 saturated carbocycles. The van der Waals surface area contributed by atoms with Crippen LogP contribution in [0.3, 0.4) is 0 Å². The second kappa shape index (κ2) is 13.4. The van der Waals surface area contributed by atoms with E-state index >= 15 is 0 Å². The van der Waals surface area contributed by atoms with E-state index in [-0.39, 0.29) is 18.1 Å². The summed E-state index contributed by atoms with van der Waals surface area (Å²) in [5.41, 5.74) is 1.17. The second-order valence-corrected chi connectivity index (χ2v) is 10.6. The highest BCUT2D eigenvalue weighted by Gasteiger charge is 2.35. The Labute approximate surface area is 228 Å². The van der Waals surface area contributed by atoms with Gasteiger partial charge in [0.1, 0.15) is 5.75 Å². The highest BCUT2D eigenvalue weighted by atomic mass is 19.3. The van der Waals surface area contributed by atoms with Crippen LogP contribution in [0.25, 0.3) is 0 Å². The minimum Gasteiger partial charge on any atom is -0.491 e. The maximum Gasteiger partial charge on any atom is 0.433 e. The molecule has 7 heteroatoms. The third-order valence-corrected chi connectivity index (χ3v) is 7.91. The Morgan fingerprint density at radius 1 is 0.769 bits per heavy atom. The van der Waals surface area contributed by atoms with Crippen molar-refractivity contribution in [2.24, 2.45) is 17.8 Å². The molecule has 2 fully saturated rings. The van der Waals surface area contributed by atoms with Gasteiger partial charge in [0, 0.05) is 0 Å². The summed E-state index contributed by atoms with van der Waals surface area (Å²) in [5.74, 6) is -1.49. The first-order valence-corrected chi connectivity index (χ1v) is 14.0. The van der Waals surface area contributed by atoms with Crippen LogP contribution in [0.2, 0.25) is 0 Å². The first-order valence-electron chi connectivity index (χ1n) is 14.0. The number of benzene rings is 2. The first-order chi connectivity index (χ1) is 18.8. The molecular formula is C32H38F4O3. The summed E-state index contributed by atoms with van der Waals surface area (Å²) >= 11 is 0. The van der Waals surface area contributed by atoms with E-state index < -0.39 is 30.1 Å². The van der Waals surface area contributed by atoms with Gasteiger partial charge in [-0.15, -0.1) is 6.58 Å². The molecule has 2 aliphatic rings. The Morgan fingerprint density at radius 2 is 1.31 bits per heavy atom. The van der Waals surface area contributed by atoms with Gasteiger partial charge in [0.05, 0.1) is 6.61 Å². The number of rotatable bonds is 11. The maximum atomic E-state index is 14.3. The lowest BCUT2D eigenvalue weighted by Crippen LogP contribution is -2.33. The molecule has 0 spiro atoms. The molecule has 0 saturated heterocycles. The molecule has 3 nitrogen and oxygen atoms in total. The molecule has 0 N–H and O–H groups in total. The molecule has 0 bridgehead atoms. The predicted molar refractivity (Wildman–Crippen MR) is 145 cm³/mol. The van der Waals surface area contributed by atoms with Gasteiger partial charge in [0.25, 0.3) is 0 Å². The van der Waals surface area contributed by atoms with E-state index in [2.05, 4.69) is 29.5 Å². The van der Waals surface area contributed by atoms with Crippen LogP contribution in [0.5, 0.6) is 17.2 Å². The summed E-state index contributed by atoms with van der Waals surface area (Å²) in [5, 5.41) is 0. The fourth-order valence-corrected chi connectivity index (χ4v) is 5.59. The zero-order valence-corrected chi connectivity index (χ0v) is 22.5. The number of halogens is 4. The van der Waals surface area contributed by atoms with Crippen molar-refractivity contribution >= 4 is 0 Å². The molecule has 0 heterocycles. The molecule has 0 radical (unpaired) electrons. The van der Waals surface area contributed by atoms with Crippen LogP contribution in [0.4, 0.5) is 17.6 Å². The van der Waals surface area contributed by atoms with Crippen LogP contribution in [-0.4, -0.2) is 19.3 Å². The highest BCUT2D eigenvalue weighted by Crippen LogP contribution is 2.38. The first kappa shape index (κ1) is 29.0. The Hall–Kier alpha value is -2.96. The molecule has 212 valence electrons. The van der Waals surface area contributed by atoms with Crippen molar-refractivity contribution in [2.75, 3.05) is 13.2 Å². The number of alkyl halides is 2. The van der Waals surface area contributed by atoms with E-state index in [0.29, 0.717) is 23.7 Å². The standard InChI is InChI=1S/C32H38F4O3/c1-3-22-5-7-23(8-6-22)9-10-24-11-13-25(14-12-24)26-15-17-27(18-16-26)38-21-32(35,36)39-29-20-19-28(37-4-2)30(33)31(29)34/h3,9-10,15-20,22-25H,1,4-8,11-14,21H2,2H3. The second-order valence-electron chi connectivity index (χ2n) is 10.6. The van der Waals surface area contributed by atoms with Crippen LogP contribution in [0.15, 0.2) is 61.2 Å². The van der Waals surface area contributed by atoms with Crippen molar-refractivity contribution in [3.05, 3.63) is 78.4 Å². The van der Waals surface area contributed by atoms with Crippen molar-refractivity contribution in [1.82, 2.24) is 0 Å². The fraction of sp³-hybridized carbons (Fsp3) is 0.500. The fourth-order valence-electron chi connectivity index (χ4n) is 5.59. The van der Waals surface area contributed by atoms with Crippen molar-refractivity contribution in [2.45, 2.75) is 70.3 Å². The third kappa shape index (κ3) is 8.02. The minimum atomic E-state index is -3.87. The van der Waals surface area contributed by atoms with Crippen molar-refractivity contribution in [3.63, 3.8) is 0 Å². The number of ether oxygens (including phenoxy) is 3. The van der Waals surface area contributed by atoms with Gasteiger partial charge in [-0.05, 0) is 112 Å². The maximum absolute atomic E-state index is 14.3. The third-order valence-electron chi connectivity index (χ3n) is 7.91. The molecule has 0 aliphatic heterocycles. The van der Waals surface area contributed by atoms with Crippen LogP contribution in [0, 0.1) is 29.4 Å². The Balaban J connectivity index is 1.23. The lowest BCUT2D eigenvalue weighted by molar-refractivity contribution is -0.196. The lowest BCUT2D eigenvalue weighted by atomic mass is 9.77. The summed E-state index contributed by atoms with van der Waals surface area (Å²) < 4.78 is 71.2. The summed E-state index contributed by atoms with van der Waals surface area (Å²) in [6.45, 7) is 4.48. The molecule has 0 aromatic heterocycles. The smallest absolute Gasteiger partial charge is 0.433 e. The lowest BCUT2D eigenvalue weighted by Gasteiger charge is -2.28. The van der Waals surface area contributed by atoms with Crippen LogP contribution < -0.4 is 14.2 Å². The van der Waals surface area contributed by atoms with Gasteiger partial charge in [-0.3, -0.25) is 0 Å². The number of hydrogen-bond acceptors (Lipinski definition) is 3. The monoisotopic (exact) mass is 546 g/mol. The van der Waals surface area contributed by atoms with Crippen molar-refractivity contribution in [1.29, 1.82) is 0 Å². The van der Waals surface area contributed by atoms with Crippen LogP contribution in [0.1, 0.15) is 69.8 Å². The Morgan fingerprint density at radius 3 is 1.90 bits per heavy atom. The summed E-state index contributed by atoms with van der Waals surface area (Å²) in [4.78, 5) is 0. The van der Waals surface area contributed by atoms with Gasteiger partial charge < -0.3 is 14.2 Å². The zero-order chi connectivity index (χ0) is 27.8. The van der Waals surface area contributed by atoms with Gasteiger partial charge >= 0.3 is 6.11 Å². The molecule has 0 atom stereocenters. The topological polar surface area (TPSA) is 27.7 Å². The van der Waals surface area contributed by atoms with Gasteiger partial charge in [0.15, 0.2) is 18.1 Å². The van der Waals surface area contributed by atoms with E-state index in [1.54, 1.807) is 19.1 Å². The summed E-state index contributed by atoms with van der Waals surface area (Å²) in [7, 11) is 0. The molecule has 39 heavy (non-hydrogen) atoms. The van der Waals surface area contributed by atoms with Crippen molar-refractivity contribution < 1.29 is 31.8 Å².